The van der Waals surface area contributed by atoms with Crippen molar-refractivity contribution in [3.63, 3.8) is 0 Å². The van der Waals surface area contributed by atoms with E-state index in [2.05, 4.69) is 32.6 Å². The molecule has 1 saturated heterocycles. The molecular weight excluding hydrogens is 316 g/mol. The van der Waals surface area contributed by atoms with E-state index in [0.29, 0.717) is 6.54 Å². The van der Waals surface area contributed by atoms with Gasteiger partial charge in [-0.25, -0.2) is 0 Å². The second-order valence-electron chi connectivity index (χ2n) is 7.58. The van der Waals surface area contributed by atoms with Crippen molar-refractivity contribution in [2.75, 3.05) is 44.7 Å². The van der Waals surface area contributed by atoms with Crippen molar-refractivity contribution in [3.05, 3.63) is 30.3 Å². The third-order valence-electron chi connectivity index (χ3n) is 4.54. The molecule has 0 radical (unpaired) electrons. The van der Waals surface area contributed by atoms with E-state index >= 15 is 0 Å². The molecule has 1 aliphatic rings. The summed E-state index contributed by atoms with van der Waals surface area (Å²) >= 11 is 0. The molecule has 138 valence electrons. The zero-order chi connectivity index (χ0) is 18.4. The molecule has 1 heterocycles. The normalized spacial score (nSPS) is 17.0. The molecule has 25 heavy (non-hydrogen) atoms. The van der Waals surface area contributed by atoms with Crippen LogP contribution in [0.3, 0.4) is 0 Å². The topological polar surface area (TPSA) is 64.7 Å². The van der Waals surface area contributed by atoms with Gasteiger partial charge in [0.2, 0.25) is 11.8 Å². The van der Waals surface area contributed by atoms with Crippen molar-refractivity contribution in [1.29, 1.82) is 0 Å². The smallest absolute Gasteiger partial charge is 0.242 e. The van der Waals surface area contributed by atoms with E-state index in [9.17, 15) is 9.59 Å². The first-order chi connectivity index (χ1) is 11.8. The fraction of sp³-hybridized carbons (Fsp3) is 0.579. The third-order valence-corrected chi connectivity index (χ3v) is 4.54. The lowest BCUT2D eigenvalue weighted by Gasteiger charge is -2.36. The number of para-hydroxylation sites is 1. The number of rotatable bonds is 5. The maximum Gasteiger partial charge on any atom is 0.242 e. The molecule has 0 unspecified atom stereocenters. The van der Waals surface area contributed by atoms with Crippen LogP contribution in [-0.4, -0.2) is 62.5 Å². The van der Waals surface area contributed by atoms with E-state index in [-0.39, 0.29) is 17.2 Å². The van der Waals surface area contributed by atoms with Gasteiger partial charge in [0.05, 0.1) is 6.54 Å². The summed E-state index contributed by atoms with van der Waals surface area (Å²) < 4.78 is 0. The van der Waals surface area contributed by atoms with E-state index in [1.165, 1.54) is 5.69 Å². The summed E-state index contributed by atoms with van der Waals surface area (Å²) in [6.07, 6.45) is 0. The number of carbonyl (C=O) groups excluding carboxylic acids is 2. The molecule has 1 atom stereocenters. The third kappa shape index (κ3) is 5.46. The summed E-state index contributed by atoms with van der Waals surface area (Å²) in [6, 6.07) is 9.79. The Labute approximate surface area is 150 Å². The summed E-state index contributed by atoms with van der Waals surface area (Å²) in [6.45, 7) is 9.64. The molecule has 6 nitrogen and oxygen atoms in total. The number of nitrogens with one attached hydrogen (secondary N) is 2. The lowest BCUT2D eigenvalue weighted by atomic mass is 9.86. The van der Waals surface area contributed by atoms with Gasteiger partial charge in [0.1, 0.15) is 6.04 Å². The summed E-state index contributed by atoms with van der Waals surface area (Å²) in [5.41, 5.74) is 0.890. The number of anilines is 1. The van der Waals surface area contributed by atoms with Crippen LogP contribution >= 0.6 is 0 Å². The molecule has 1 aromatic rings. The van der Waals surface area contributed by atoms with Gasteiger partial charge in [0, 0.05) is 38.9 Å². The molecule has 1 aromatic carbocycles. The van der Waals surface area contributed by atoms with E-state index in [1.807, 2.05) is 39.0 Å². The highest BCUT2D eigenvalue weighted by molar-refractivity contribution is 5.88. The highest BCUT2D eigenvalue weighted by Gasteiger charge is 2.32. The minimum absolute atomic E-state index is 0.100. The Morgan fingerprint density at radius 2 is 1.68 bits per heavy atom. The Balaban J connectivity index is 1.84. The molecule has 0 aliphatic carbocycles. The second-order valence-corrected chi connectivity index (χ2v) is 7.58. The summed E-state index contributed by atoms with van der Waals surface area (Å²) in [7, 11) is 1.59. The molecule has 0 bridgehead atoms. The lowest BCUT2D eigenvalue weighted by Crippen LogP contribution is -2.56. The van der Waals surface area contributed by atoms with Crippen molar-refractivity contribution >= 4 is 17.5 Å². The number of hydrogen-bond acceptors (Lipinski definition) is 4. The Hall–Kier alpha value is -2.08. The fourth-order valence-electron chi connectivity index (χ4n) is 3.03. The first kappa shape index (κ1) is 19.2. The highest BCUT2D eigenvalue weighted by atomic mass is 16.2. The van der Waals surface area contributed by atoms with E-state index in [0.717, 1.165) is 26.2 Å². The number of amides is 2. The van der Waals surface area contributed by atoms with Gasteiger partial charge < -0.3 is 15.5 Å². The van der Waals surface area contributed by atoms with Crippen LogP contribution in [0.4, 0.5) is 5.69 Å². The van der Waals surface area contributed by atoms with Crippen LogP contribution in [0, 0.1) is 5.41 Å². The minimum Gasteiger partial charge on any atom is -0.369 e. The van der Waals surface area contributed by atoms with Crippen LogP contribution in [0.25, 0.3) is 0 Å². The molecule has 6 heteroatoms. The standard InChI is InChI=1S/C19H30N4O2/c1-19(2,3)17(18(25)20-4)21-16(24)14-22-10-12-23(13-11-22)15-8-6-5-7-9-15/h5-9,17H,10-14H2,1-4H3,(H,20,25)(H,21,24)/t17-/m0/s1. The van der Waals surface area contributed by atoms with Crippen molar-refractivity contribution in [2.24, 2.45) is 5.41 Å². The van der Waals surface area contributed by atoms with Crippen LogP contribution < -0.4 is 15.5 Å². The SMILES string of the molecule is CNC(=O)[C@H](NC(=O)CN1CCN(c2ccccc2)CC1)C(C)(C)C. The molecule has 2 rings (SSSR count). The van der Waals surface area contributed by atoms with Gasteiger partial charge in [-0.1, -0.05) is 39.0 Å². The van der Waals surface area contributed by atoms with Gasteiger partial charge in [0.25, 0.3) is 0 Å². The molecule has 1 fully saturated rings. The van der Waals surface area contributed by atoms with Crippen molar-refractivity contribution < 1.29 is 9.59 Å². The summed E-state index contributed by atoms with van der Waals surface area (Å²) in [4.78, 5) is 28.9. The molecule has 0 aromatic heterocycles. The van der Waals surface area contributed by atoms with Crippen molar-refractivity contribution in [1.82, 2.24) is 15.5 Å². The van der Waals surface area contributed by atoms with Crippen LogP contribution in [0.2, 0.25) is 0 Å². The average molecular weight is 346 g/mol. The lowest BCUT2D eigenvalue weighted by molar-refractivity contribution is -0.131. The van der Waals surface area contributed by atoms with Gasteiger partial charge in [-0.3, -0.25) is 14.5 Å². The molecule has 0 saturated carbocycles. The quantitative estimate of drug-likeness (QED) is 0.838. The van der Waals surface area contributed by atoms with E-state index < -0.39 is 6.04 Å². The molecule has 2 amide bonds. The maximum absolute atomic E-state index is 12.4. The molecule has 1 aliphatic heterocycles. The Bertz CT molecular complexity index is 575. The molecule has 2 N–H and O–H groups in total. The van der Waals surface area contributed by atoms with E-state index in [4.69, 9.17) is 0 Å². The number of nitrogens with zero attached hydrogens (tertiary/aromatic N) is 2. The van der Waals surface area contributed by atoms with Gasteiger partial charge in [-0.05, 0) is 17.5 Å². The van der Waals surface area contributed by atoms with Gasteiger partial charge in [-0.2, -0.15) is 0 Å². The van der Waals surface area contributed by atoms with Gasteiger partial charge in [0.15, 0.2) is 0 Å². The molecule has 0 spiro atoms. The predicted octanol–water partition coefficient (Wildman–Crippen LogP) is 1.09. The van der Waals surface area contributed by atoms with Crippen LogP contribution in [0.1, 0.15) is 20.8 Å². The second kappa shape index (κ2) is 8.34. The summed E-state index contributed by atoms with van der Waals surface area (Å²) in [5, 5.41) is 5.52. The maximum atomic E-state index is 12.4. The first-order valence-electron chi connectivity index (χ1n) is 8.84. The van der Waals surface area contributed by atoms with Crippen LogP contribution in [-0.2, 0) is 9.59 Å². The Morgan fingerprint density at radius 3 is 2.20 bits per heavy atom. The predicted molar refractivity (Wildman–Crippen MR) is 101 cm³/mol. The minimum atomic E-state index is -0.532. The van der Waals surface area contributed by atoms with Gasteiger partial charge >= 0.3 is 0 Å². The zero-order valence-electron chi connectivity index (χ0n) is 15.7. The largest absolute Gasteiger partial charge is 0.369 e. The van der Waals surface area contributed by atoms with Crippen LogP contribution in [0.5, 0.6) is 0 Å². The summed E-state index contributed by atoms with van der Waals surface area (Å²) in [5.74, 6) is -0.258. The number of carbonyl (C=O) groups is 2. The number of benzene rings is 1. The van der Waals surface area contributed by atoms with E-state index in [1.54, 1.807) is 7.05 Å². The van der Waals surface area contributed by atoms with Crippen LogP contribution in [0.15, 0.2) is 30.3 Å². The Morgan fingerprint density at radius 1 is 1.08 bits per heavy atom. The number of piperazine rings is 1. The van der Waals surface area contributed by atoms with Gasteiger partial charge in [-0.15, -0.1) is 0 Å². The number of hydrogen-bond donors (Lipinski definition) is 2. The van der Waals surface area contributed by atoms with Crippen molar-refractivity contribution in [2.45, 2.75) is 26.8 Å². The number of likely N-dealkylation sites (N-methyl/N-ethyl adjacent to an activating group) is 1. The fourth-order valence-corrected chi connectivity index (χ4v) is 3.03. The molecular formula is C19H30N4O2. The first-order valence-corrected chi connectivity index (χ1v) is 8.84. The zero-order valence-corrected chi connectivity index (χ0v) is 15.7. The van der Waals surface area contributed by atoms with Crippen molar-refractivity contribution in [3.8, 4) is 0 Å². The highest BCUT2D eigenvalue weighted by Crippen LogP contribution is 2.19. The average Bonchev–Trinajstić information content (AvgIpc) is 2.59. The Kier molecular flexibility index (Phi) is 6.42. The monoisotopic (exact) mass is 346 g/mol.